The van der Waals surface area contributed by atoms with Gasteiger partial charge in [0.1, 0.15) is 11.5 Å². The average molecular weight is 336 g/mol. The molecule has 1 saturated heterocycles. The van der Waals surface area contributed by atoms with Crippen LogP contribution in [0.15, 0.2) is 48.5 Å². The van der Waals surface area contributed by atoms with E-state index < -0.39 is 6.10 Å². The Kier molecular flexibility index (Phi) is 3.89. The Labute approximate surface area is 145 Å². The van der Waals surface area contributed by atoms with Crippen molar-refractivity contribution in [3.05, 3.63) is 59.8 Å². The Balaban J connectivity index is 1.51. The van der Waals surface area contributed by atoms with E-state index in [9.17, 15) is 9.90 Å². The molecule has 1 aliphatic heterocycles. The highest BCUT2D eigenvalue weighted by molar-refractivity contribution is 5.93. The van der Waals surface area contributed by atoms with Gasteiger partial charge in [0.15, 0.2) is 0 Å². The molecule has 0 saturated carbocycles. The summed E-state index contributed by atoms with van der Waals surface area (Å²) in [5, 5.41) is 19.4. The number of hydrogen-bond donors (Lipinski definition) is 3. The smallest absolute Gasteiger partial charge is 0.272 e. The third-order valence-corrected chi connectivity index (χ3v) is 4.90. The molecule has 0 unspecified atom stereocenters. The number of aliphatic hydroxyl groups is 1. The Bertz CT molecular complexity index is 920. The highest BCUT2D eigenvalue weighted by Gasteiger charge is 2.32. The second kappa shape index (κ2) is 6.22. The van der Waals surface area contributed by atoms with E-state index in [4.69, 9.17) is 5.73 Å². The number of aromatic nitrogens is 2. The van der Waals surface area contributed by atoms with Gasteiger partial charge < -0.3 is 15.7 Å². The molecule has 2 heterocycles. The van der Waals surface area contributed by atoms with Crippen molar-refractivity contribution >= 4 is 22.5 Å². The number of likely N-dealkylation sites (tertiary alicyclic amines) is 1. The molecule has 1 aliphatic rings. The summed E-state index contributed by atoms with van der Waals surface area (Å²) in [4.78, 5) is 14.1. The van der Waals surface area contributed by atoms with Gasteiger partial charge in [0.2, 0.25) is 0 Å². The summed E-state index contributed by atoms with van der Waals surface area (Å²) in [6.07, 6.45) is 0.119. The number of carbonyl (C=O) groups is 1. The number of rotatable bonds is 2. The summed E-state index contributed by atoms with van der Waals surface area (Å²) >= 11 is 0. The van der Waals surface area contributed by atoms with Crippen LogP contribution in [-0.4, -0.2) is 45.3 Å². The van der Waals surface area contributed by atoms with E-state index in [2.05, 4.69) is 40.5 Å². The number of aromatic amines is 1. The second-order valence-corrected chi connectivity index (χ2v) is 6.53. The maximum atomic E-state index is 12.5. The van der Waals surface area contributed by atoms with Gasteiger partial charge in [-0.25, -0.2) is 0 Å². The molecule has 4 rings (SSSR count). The van der Waals surface area contributed by atoms with Gasteiger partial charge in [-0.3, -0.25) is 9.89 Å². The van der Waals surface area contributed by atoms with Gasteiger partial charge in [-0.1, -0.05) is 42.5 Å². The molecule has 0 spiro atoms. The van der Waals surface area contributed by atoms with Gasteiger partial charge in [-0.15, -0.1) is 0 Å². The van der Waals surface area contributed by atoms with Crippen LogP contribution in [0, 0.1) is 0 Å². The first-order valence-corrected chi connectivity index (χ1v) is 8.39. The summed E-state index contributed by atoms with van der Waals surface area (Å²) in [5.41, 5.74) is 7.02. The van der Waals surface area contributed by atoms with E-state index in [1.807, 2.05) is 12.1 Å². The molecule has 4 N–H and O–H groups in total. The number of nitrogens with two attached hydrogens (primary N) is 1. The molecule has 6 nitrogen and oxygen atoms in total. The maximum absolute atomic E-state index is 12.5. The summed E-state index contributed by atoms with van der Waals surface area (Å²) in [6.45, 7) is 0.890. The maximum Gasteiger partial charge on any atom is 0.272 e. The van der Waals surface area contributed by atoms with Crippen LogP contribution in [-0.2, 0) is 0 Å². The number of anilines is 1. The summed E-state index contributed by atoms with van der Waals surface area (Å²) < 4.78 is 0. The molecule has 6 heteroatoms. The van der Waals surface area contributed by atoms with Crippen LogP contribution in [0.3, 0.4) is 0 Å². The first-order valence-electron chi connectivity index (χ1n) is 8.39. The zero-order valence-corrected chi connectivity index (χ0v) is 13.7. The molecule has 2 atom stereocenters. The van der Waals surface area contributed by atoms with Crippen LogP contribution in [0.25, 0.3) is 10.8 Å². The summed E-state index contributed by atoms with van der Waals surface area (Å²) in [5.74, 6) is 0.135. The van der Waals surface area contributed by atoms with Gasteiger partial charge >= 0.3 is 0 Å². The number of benzene rings is 2. The fraction of sp³-hybridized carbons (Fsp3) is 0.263. The standard InChI is InChI=1S/C19H20N4O2/c20-18-10-16(21-22-18)19(25)23-8-7-15(17(24)11-23)14-6-5-12-3-1-2-4-13(12)9-14/h1-6,9-10,15,17,24H,7-8,11H2,(H3,20,21,22)/t15-,17+/m0/s1. The van der Waals surface area contributed by atoms with Crippen molar-refractivity contribution in [2.75, 3.05) is 18.8 Å². The number of nitrogens with one attached hydrogen (secondary N) is 1. The van der Waals surface area contributed by atoms with Crippen LogP contribution in [0.2, 0.25) is 0 Å². The molecule has 3 aromatic rings. The van der Waals surface area contributed by atoms with Crippen molar-refractivity contribution in [3.63, 3.8) is 0 Å². The van der Waals surface area contributed by atoms with Gasteiger partial charge in [-0.2, -0.15) is 5.10 Å². The number of nitrogen functional groups attached to an aromatic ring is 1. The molecule has 1 fully saturated rings. The van der Waals surface area contributed by atoms with Crippen molar-refractivity contribution in [1.29, 1.82) is 0 Å². The Morgan fingerprint density at radius 3 is 2.72 bits per heavy atom. The number of carbonyl (C=O) groups excluding carboxylic acids is 1. The lowest BCUT2D eigenvalue weighted by Crippen LogP contribution is -2.45. The number of amides is 1. The minimum atomic E-state index is -0.598. The van der Waals surface area contributed by atoms with Gasteiger partial charge in [-0.05, 0) is 22.8 Å². The summed E-state index contributed by atoms with van der Waals surface area (Å²) in [7, 11) is 0. The van der Waals surface area contributed by atoms with Crippen LogP contribution in [0.4, 0.5) is 5.82 Å². The number of H-pyrrole nitrogens is 1. The number of fused-ring (bicyclic) bond motifs is 1. The van der Waals surface area contributed by atoms with Crippen molar-refractivity contribution < 1.29 is 9.90 Å². The van der Waals surface area contributed by atoms with Gasteiger partial charge in [0, 0.05) is 25.1 Å². The Morgan fingerprint density at radius 1 is 1.20 bits per heavy atom. The molecule has 0 bridgehead atoms. The summed E-state index contributed by atoms with van der Waals surface area (Å²) in [6, 6.07) is 16.0. The van der Waals surface area contributed by atoms with Crippen LogP contribution in [0.5, 0.6) is 0 Å². The highest BCUT2D eigenvalue weighted by Crippen LogP contribution is 2.31. The minimum absolute atomic E-state index is 0.0282. The lowest BCUT2D eigenvalue weighted by Gasteiger charge is -2.36. The fourth-order valence-corrected chi connectivity index (χ4v) is 3.56. The molecular weight excluding hydrogens is 316 g/mol. The molecule has 1 aromatic heterocycles. The monoisotopic (exact) mass is 336 g/mol. The number of nitrogens with zero attached hydrogens (tertiary/aromatic N) is 2. The molecule has 128 valence electrons. The largest absolute Gasteiger partial charge is 0.391 e. The number of aliphatic hydroxyl groups excluding tert-OH is 1. The van der Waals surface area contributed by atoms with Gasteiger partial charge in [0.25, 0.3) is 5.91 Å². The molecule has 1 amide bonds. The number of piperidine rings is 1. The van der Waals surface area contributed by atoms with E-state index in [1.165, 1.54) is 16.8 Å². The first-order chi connectivity index (χ1) is 12.1. The average Bonchev–Trinajstić information content (AvgIpc) is 3.07. The fourth-order valence-electron chi connectivity index (χ4n) is 3.56. The van der Waals surface area contributed by atoms with Crippen molar-refractivity contribution in [3.8, 4) is 0 Å². The van der Waals surface area contributed by atoms with Crippen molar-refractivity contribution in [2.24, 2.45) is 0 Å². The Hall–Kier alpha value is -2.86. The lowest BCUT2D eigenvalue weighted by atomic mass is 9.86. The van der Waals surface area contributed by atoms with Crippen LogP contribution in [0.1, 0.15) is 28.4 Å². The van der Waals surface area contributed by atoms with Crippen LogP contribution < -0.4 is 5.73 Å². The zero-order chi connectivity index (χ0) is 17.4. The molecule has 0 aliphatic carbocycles. The molecular formula is C19H20N4O2. The zero-order valence-electron chi connectivity index (χ0n) is 13.7. The predicted molar refractivity (Wildman–Crippen MR) is 96.2 cm³/mol. The molecule has 0 radical (unpaired) electrons. The van der Waals surface area contributed by atoms with Crippen molar-refractivity contribution in [2.45, 2.75) is 18.4 Å². The third kappa shape index (κ3) is 2.96. The third-order valence-electron chi connectivity index (χ3n) is 4.90. The molecule has 25 heavy (non-hydrogen) atoms. The minimum Gasteiger partial charge on any atom is -0.391 e. The second-order valence-electron chi connectivity index (χ2n) is 6.53. The Morgan fingerprint density at radius 2 is 2.00 bits per heavy atom. The SMILES string of the molecule is Nc1cc(C(=O)N2CC[C@@H](c3ccc4ccccc4c3)[C@H](O)C2)[nH]n1. The topological polar surface area (TPSA) is 95.2 Å². The van der Waals surface area contributed by atoms with E-state index in [0.29, 0.717) is 18.8 Å². The van der Waals surface area contributed by atoms with Crippen LogP contribution >= 0.6 is 0 Å². The van der Waals surface area contributed by atoms with E-state index in [1.54, 1.807) is 4.90 Å². The number of hydrogen-bond acceptors (Lipinski definition) is 4. The number of β-amino-alcohol motifs (C(OH)–C–C–N with tert-alkyl or cyclic N) is 1. The predicted octanol–water partition coefficient (Wildman–Crippen LogP) is 2.14. The van der Waals surface area contributed by atoms with E-state index >= 15 is 0 Å². The van der Waals surface area contributed by atoms with E-state index in [-0.39, 0.29) is 17.6 Å². The van der Waals surface area contributed by atoms with E-state index in [0.717, 1.165) is 12.0 Å². The highest BCUT2D eigenvalue weighted by atomic mass is 16.3. The normalized spacial score (nSPS) is 20.8. The lowest BCUT2D eigenvalue weighted by molar-refractivity contribution is 0.0378. The van der Waals surface area contributed by atoms with Crippen molar-refractivity contribution in [1.82, 2.24) is 15.1 Å². The quantitative estimate of drug-likeness (QED) is 0.668. The molecule has 2 aromatic carbocycles. The van der Waals surface area contributed by atoms with Gasteiger partial charge in [0.05, 0.1) is 6.10 Å². The first kappa shape index (κ1) is 15.7.